The molecule has 0 N–H and O–H groups in total. The van der Waals surface area contributed by atoms with E-state index in [-0.39, 0.29) is 0 Å². The number of nitrogens with zero attached hydrogens (tertiary/aromatic N) is 1. The second-order valence-electron chi connectivity index (χ2n) is 8.98. The van der Waals surface area contributed by atoms with E-state index in [1.165, 1.54) is 96.3 Å². The Hall–Kier alpha value is -0.510. The molecule has 0 aromatic heterocycles. The largest absolute Gasteiger partial charge is 0.198 e. The summed E-state index contributed by atoms with van der Waals surface area (Å²) in [5.74, 6) is 3.36. The molecule has 0 heterocycles. The lowest BCUT2D eigenvalue weighted by atomic mass is 9.52. The predicted molar refractivity (Wildman–Crippen MR) is 96.9 cm³/mol. The first-order valence-corrected chi connectivity index (χ1v) is 10.7. The molecule has 3 aliphatic rings. The number of nitriles is 1. The molecule has 0 aliphatic heterocycles. The summed E-state index contributed by atoms with van der Waals surface area (Å²) in [7, 11) is 0. The Labute approximate surface area is 144 Å². The normalized spacial score (nSPS) is 39.7. The van der Waals surface area contributed by atoms with Crippen LogP contribution < -0.4 is 0 Å². The number of hydrogen-bond donors (Lipinski definition) is 0. The van der Waals surface area contributed by atoms with Crippen LogP contribution in [0.15, 0.2) is 0 Å². The van der Waals surface area contributed by atoms with Crippen molar-refractivity contribution in [3.8, 4) is 6.07 Å². The average molecular weight is 316 g/mol. The Morgan fingerprint density at radius 3 is 2.00 bits per heavy atom. The third-order valence-electron chi connectivity index (χ3n) is 7.87. The first-order valence-electron chi connectivity index (χ1n) is 10.7. The fraction of sp³-hybridized carbons (Fsp3) is 0.955. The minimum absolute atomic E-state index is 0.364. The standard InChI is InChI=1S/C22H37N/c1-2-6-18-9-11-21(12-10-18)22(20-7-4-3-5-8-20)15-13-19(17-23)14-16-22/h18-21H,2-16H2,1H3. The van der Waals surface area contributed by atoms with Crippen LogP contribution in [0.25, 0.3) is 0 Å². The molecular formula is C22H37N. The van der Waals surface area contributed by atoms with Gasteiger partial charge >= 0.3 is 0 Å². The summed E-state index contributed by atoms with van der Waals surface area (Å²) in [4.78, 5) is 0. The SMILES string of the molecule is CCCC1CCC(C2(C3CCCCC3)CCC(C#N)CC2)CC1. The monoisotopic (exact) mass is 315 g/mol. The van der Waals surface area contributed by atoms with Crippen molar-refractivity contribution in [2.75, 3.05) is 0 Å². The highest BCUT2D eigenvalue weighted by atomic mass is 14.5. The smallest absolute Gasteiger partial charge is 0.0655 e. The Kier molecular flexibility index (Phi) is 6.06. The molecule has 23 heavy (non-hydrogen) atoms. The highest BCUT2D eigenvalue weighted by Gasteiger charge is 2.47. The van der Waals surface area contributed by atoms with Crippen molar-refractivity contribution >= 4 is 0 Å². The van der Waals surface area contributed by atoms with Gasteiger partial charge in [0.1, 0.15) is 0 Å². The van der Waals surface area contributed by atoms with Crippen molar-refractivity contribution < 1.29 is 0 Å². The molecule has 0 aromatic rings. The molecule has 0 radical (unpaired) electrons. The first kappa shape index (κ1) is 17.3. The van der Waals surface area contributed by atoms with E-state index >= 15 is 0 Å². The molecule has 0 aromatic carbocycles. The molecule has 0 spiro atoms. The van der Waals surface area contributed by atoms with Crippen LogP contribution in [-0.2, 0) is 0 Å². The van der Waals surface area contributed by atoms with E-state index < -0.39 is 0 Å². The van der Waals surface area contributed by atoms with Crippen LogP contribution in [0.4, 0.5) is 0 Å². The van der Waals surface area contributed by atoms with Gasteiger partial charge in [-0.05, 0) is 74.5 Å². The fourth-order valence-corrected chi connectivity index (χ4v) is 6.55. The van der Waals surface area contributed by atoms with E-state index in [0.29, 0.717) is 11.3 Å². The molecule has 0 saturated heterocycles. The maximum atomic E-state index is 9.33. The zero-order valence-corrected chi connectivity index (χ0v) is 15.4. The van der Waals surface area contributed by atoms with Gasteiger partial charge < -0.3 is 0 Å². The average Bonchev–Trinajstić information content (AvgIpc) is 2.63. The van der Waals surface area contributed by atoms with Crippen molar-refractivity contribution in [2.24, 2.45) is 29.1 Å². The van der Waals surface area contributed by atoms with Crippen molar-refractivity contribution in [3.63, 3.8) is 0 Å². The van der Waals surface area contributed by atoms with Crippen LogP contribution in [0.5, 0.6) is 0 Å². The molecule has 0 amide bonds. The quantitative estimate of drug-likeness (QED) is 0.555. The fourth-order valence-electron chi connectivity index (χ4n) is 6.55. The predicted octanol–water partition coefficient (Wildman–Crippen LogP) is 6.87. The molecular weight excluding hydrogens is 278 g/mol. The first-order chi connectivity index (χ1) is 11.3. The maximum Gasteiger partial charge on any atom is 0.0655 e. The summed E-state index contributed by atoms with van der Waals surface area (Å²) in [5, 5.41) is 9.33. The van der Waals surface area contributed by atoms with E-state index in [1.807, 2.05) is 0 Å². The molecule has 3 aliphatic carbocycles. The summed E-state index contributed by atoms with van der Waals surface area (Å²) in [5.41, 5.74) is 0.630. The van der Waals surface area contributed by atoms with Crippen molar-refractivity contribution in [1.82, 2.24) is 0 Å². The Bertz CT molecular complexity index is 385. The highest BCUT2D eigenvalue weighted by Crippen LogP contribution is 2.57. The minimum Gasteiger partial charge on any atom is -0.198 e. The van der Waals surface area contributed by atoms with Gasteiger partial charge in [0.15, 0.2) is 0 Å². The highest BCUT2D eigenvalue weighted by molar-refractivity contribution is 5.00. The van der Waals surface area contributed by atoms with E-state index in [4.69, 9.17) is 0 Å². The second-order valence-corrected chi connectivity index (χ2v) is 8.98. The van der Waals surface area contributed by atoms with Gasteiger partial charge in [-0.15, -0.1) is 0 Å². The second kappa shape index (κ2) is 8.04. The van der Waals surface area contributed by atoms with Crippen molar-refractivity contribution in [2.45, 2.75) is 103 Å². The van der Waals surface area contributed by atoms with Crippen LogP contribution in [0.2, 0.25) is 0 Å². The van der Waals surface area contributed by atoms with Gasteiger partial charge in [0, 0.05) is 5.92 Å². The van der Waals surface area contributed by atoms with Crippen LogP contribution in [0.1, 0.15) is 103 Å². The lowest BCUT2D eigenvalue weighted by Crippen LogP contribution is -2.43. The molecule has 0 bridgehead atoms. The summed E-state index contributed by atoms with van der Waals surface area (Å²) in [6.45, 7) is 2.35. The lowest BCUT2D eigenvalue weighted by Gasteiger charge is -2.53. The maximum absolute atomic E-state index is 9.33. The molecule has 1 heteroatoms. The summed E-state index contributed by atoms with van der Waals surface area (Å²) >= 11 is 0. The van der Waals surface area contributed by atoms with E-state index in [2.05, 4.69) is 13.0 Å². The van der Waals surface area contributed by atoms with Crippen LogP contribution in [-0.4, -0.2) is 0 Å². The summed E-state index contributed by atoms with van der Waals surface area (Å²) < 4.78 is 0. The third-order valence-corrected chi connectivity index (χ3v) is 7.87. The van der Waals surface area contributed by atoms with Gasteiger partial charge in [0.25, 0.3) is 0 Å². The van der Waals surface area contributed by atoms with Gasteiger partial charge in [-0.1, -0.05) is 51.9 Å². The Morgan fingerprint density at radius 2 is 1.43 bits per heavy atom. The molecule has 3 fully saturated rings. The Morgan fingerprint density at radius 1 is 0.826 bits per heavy atom. The third kappa shape index (κ3) is 3.78. The number of rotatable bonds is 4. The topological polar surface area (TPSA) is 23.8 Å². The van der Waals surface area contributed by atoms with Crippen LogP contribution in [0.3, 0.4) is 0 Å². The number of hydrogen-bond acceptors (Lipinski definition) is 1. The lowest BCUT2D eigenvalue weighted by molar-refractivity contribution is -0.0258. The van der Waals surface area contributed by atoms with Crippen LogP contribution in [0, 0.1) is 40.4 Å². The van der Waals surface area contributed by atoms with Crippen molar-refractivity contribution in [3.05, 3.63) is 0 Å². The van der Waals surface area contributed by atoms with Gasteiger partial charge in [0.2, 0.25) is 0 Å². The van der Waals surface area contributed by atoms with E-state index in [1.54, 1.807) is 0 Å². The van der Waals surface area contributed by atoms with E-state index in [9.17, 15) is 5.26 Å². The van der Waals surface area contributed by atoms with Crippen molar-refractivity contribution in [1.29, 1.82) is 5.26 Å². The van der Waals surface area contributed by atoms with Gasteiger partial charge in [-0.25, -0.2) is 0 Å². The summed E-state index contributed by atoms with van der Waals surface area (Å²) in [6, 6.07) is 2.57. The van der Waals surface area contributed by atoms with Gasteiger partial charge in [-0.2, -0.15) is 5.26 Å². The van der Waals surface area contributed by atoms with Crippen LogP contribution >= 0.6 is 0 Å². The summed E-state index contributed by atoms with van der Waals surface area (Å²) in [6.07, 6.45) is 21.3. The molecule has 1 nitrogen and oxygen atoms in total. The minimum atomic E-state index is 0.364. The van der Waals surface area contributed by atoms with Gasteiger partial charge in [0.05, 0.1) is 6.07 Å². The zero-order valence-electron chi connectivity index (χ0n) is 15.4. The van der Waals surface area contributed by atoms with Gasteiger partial charge in [-0.3, -0.25) is 0 Å². The molecule has 0 unspecified atom stereocenters. The molecule has 3 rings (SSSR count). The van der Waals surface area contributed by atoms with E-state index in [0.717, 1.165) is 17.8 Å². The molecule has 0 atom stereocenters. The molecule has 130 valence electrons. The molecule has 3 saturated carbocycles. The Balaban J connectivity index is 1.70. The zero-order chi connectivity index (χ0) is 16.1.